The lowest BCUT2D eigenvalue weighted by Gasteiger charge is -2.39. The number of nitriles is 1. The van der Waals surface area contributed by atoms with Crippen molar-refractivity contribution in [2.75, 3.05) is 6.61 Å². The molecule has 0 saturated carbocycles. The lowest BCUT2D eigenvalue weighted by Crippen LogP contribution is -2.50. The standard InChI is InChI=1S/C23H24ClN3O2/c24-18-6-4-16(5-7-18)14-27-20-8-9-21(27)12-19(11-20)26-23(28)15-29-22-3-1-2-17(10-22)13-25/h1-7,10,19-21H,8-9,11-12,14-15H2,(H,26,28)/t19?,20-,21+. The molecule has 4 rings (SSSR count). The van der Waals surface area contributed by atoms with E-state index in [2.05, 4.69) is 28.4 Å². The van der Waals surface area contributed by atoms with Gasteiger partial charge in [0, 0.05) is 29.7 Å². The number of amides is 1. The quantitative estimate of drug-likeness (QED) is 0.785. The van der Waals surface area contributed by atoms with E-state index >= 15 is 0 Å². The van der Waals surface area contributed by atoms with Crippen LogP contribution in [0.25, 0.3) is 0 Å². The third kappa shape index (κ3) is 4.90. The molecule has 1 amide bonds. The molecule has 5 nitrogen and oxygen atoms in total. The van der Waals surface area contributed by atoms with Crippen molar-refractivity contribution < 1.29 is 9.53 Å². The fourth-order valence-electron chi connectivity index (χ4n) is 4.52. The summed E-state index contributed by atoms with van der Waals surface area (Å²) in [7, 11) is 0. The van der Waals surface area contributed by atoms with Crippen molar-refractivity contribution in [3.8, 4) is 11.8 Å². The second-order valence-corrected chi connectivity index (χ2v) is 8.28. The number of nitrogens with one attached hydrogen (secondary N) is 1. The first-order valence-electron chi connectivity index (χ1n) is 10.0. The third-order valence-electron chi connectivity index (χ3n) is 5.86. The number of ether oxygens (including phenoxy) is 1. The van der Waals surface area contributed by atoms with E-state index in [1.807, 2.05) is 12.1 Å². The van der Waals surface area contributed by atoms with Crippen LogP contribution in [0.2, 0.25) is 5.02 Å². The highest BCUT2D eigenvalue weighted by Crippen LogP contribution is 2.37. The van der Waals surface area contributed by atoms with Crippen molar-refractivity contribution >= 4 is 17.5 Å². The van der Waals surface area contributed by atoms with E-state index in [9.17, 15) is 4.79 Å². The first-order valence-corrected chi connectivity index (χ1v) is 10.4. The Kier molecular flexibility index (Phi) is 6.03. The molecule has 2 aromatic rings. The van der Waals surface area contributed by atoms with Gasteiger partial charge >= 0.3 is 0 Å². The summed E-state index contributed by atoms with van der Waals surface area (Å²) in [6.45, 7) is 0.903. The van der Waals surface area contributed by atoms with Gasteiger partial charge in [-0.15, -0.1) is 0 Å². The Morgan fingerprint density at radius 3 is 2.59 bits per heavy atom. The second kappa shape index (κ2) is 8.86. The minimum atomic E-state index is -0.108. The second-order valence-electron chi connectivity index (χ2n) is 7.85. The smallest absolute Gasteiger partial charge is 0.258 e. The zero-order valence-electron chi connectivity index (χ0n) is 16.2. The summed E-state index contributed by atoms with van der Waals surface area (Å²) in [6, 6.07) is 18.2. The van der Waals surface area contributed by atoms with Crippen LogP contribution in [0.1, 0.15) is 36.8 Å². The van der Waals surface area contributed by atoms with E-state index in [4.69, 9.17) is 21.6 Å². The Morgan fingerprint density at radius 2 is 1.90 bits per heavy atom. The molecule has 2 heterocycles. The van der Waals surface area contributed by atoms with E-state index < -0.39 is 0 Å². The zero-order chi connectivity index (χ0) is 20.2. The molecule has 2 aliphatic heterocycles. The Labute approximate surface area is 176 Å². The van der Waals surface area contributed by atoms with Crippen molar-refractivity contribution in [2.45, 2.75) is 50.4 Å². The summed E-state index contributed by atoms with van der Waals surface area (Å²) < 4.78 is 5.55. The normalized spacial score (nSPS) is 23.4. The maximum absolute atomic E-state index is 12.4. The third-order valence-corrected chi connectivity index (χ3v) is 6.11. The lowest BCUT2D eigenvalue weighted by atomic mass is 9.96. The molecule has 1 N–H and O–H groups in total. The number of fused-ring (bicyclic) bond motifs is 2. The van der Waals surface area contributed by atoms with E-state index in [1.54, 1.807) is 24.3 Å². The average molecular weight is 410 g/mol. The zero-order valence-corrected chi connectivity index (χ0v) is 16.9. The van der Waals surface area contributed by atoms with Gasteiger partial charge in [0.1, 0.15) is 5.75 Å². The van der Waals surface area contributed by atoms with E-state index in [0.29, 0.717) is 23.4 Å². The minimum absolute atomic E-state index is 0.0325. The van der Waals surface area contributed by atoms with E-state index in [0.717, 1.165) is 24.4 Å². The number of hydrogen-bond acceptors (Lipinski definition) is 4. The Morgan fingerprint density at radius 1 is 1.17 bits per heavy atom. The highest BCUT2D eigenvalue weighted by Gasteiger charge is 2.40. The molecule has 2 aromatic carbocycles. The molecule has 2 fully saturated rings. The summed E-state index contributed by atoms with van der Waals surface area (Å²) in [4.78, 5) is 14.9. The van der Waals surface area contributed by atoms with Gasteiger partial charge in [-0.1, -0.05) is 29.8 Å². The molecule has 0 aromatic heterocycles. The van der Waals surface area contributed by atoms with Gasteiger partial charge in [0.2, 0.25) is 0 Å². The van der Waals surface area contributed by atoms with Crippen molar-refractivity contribution in [1.29, 1.82) is 5.26 Å². The summed E-state index contributed by atoms with van der Waals surface area (Å²) in [5.74, 6) is 0.431. The Bertz CT molecular complexity index is 895. The van der Waals surface area contributed by atoms with Crippen molar-refractivity contribution in [3.63, 3.8) is 0 Å². The van der Waals surface area contributed by atoms with E-state index in [1.165, 1.54) is 18.4 Å². The van der Waals surface area contributed by atoms with Crippen LogP contribution in [0.15, 0.2) is 48.5 Å². The number of piperidine rings is 1. The van der Waals surface area contributed by atoms with Crippen molar-refractivity contribution in [1.82, 2.24) is 10.2 Å². The van der Waals surface area contributed by atoms with Gasteiger partial charge in [-0.3, -0.25) is 9.69 Å². The summed E-state index contributed by atoms with van der Waals surface area (Å²) in [5, 5.41) is 12.8. The number of carbonyl (C=O) groups excluding carboxylic acids is 1. The molecule has 0 aliphatic carbocycles. The van der Waals surface area contributed by atoms with Crippen LogP contribution in [-0.4, -0.2) is 35.5 Å². The van der Waals surface area contributed by atoms with Crippen LogP contribution in [0.4, 0.5) is 0 Å². The molecular weight excluding hydrogens is 386 g/mol. The lowest BCUT2D eigenvalue weighted by molar-refractivity contribution is -0.124. The predicted molar refractivity (Wildman–Crippen MR) is 112 cm³/mol. The molecule has 0 spiro atoms. The summed E-state index contributed by atoms with van der Waals surface area (Å²) in [6.07, 6.45) is 4.31. The molecule has 2 bridgehead atoms. The fourth-order valence-corrected chi connectivity index (χ4v) is 4.65. The molecule has 150 valence electrons. The van der Waals surface area contributed by atoms with Crippen molar-refractivity contribution in [3.05, 3.63) is 64.7 Å². The predicted octanol–water partition coefficient (Wildman–Crippen LogP) is 3.90. The van der Waals surface area contributed by atoms with Gasteiger partial charge in [-0.05, 0) is 61.6 Å². The van der Waals surface area contributed by atoms with Gasteiger partial charge in [0.25, 0.3) is 5.91 Å². The van der Waals surface area contributed by atoms with Crippen LogP contribution >= 0.6 is 11.6 Å². The highest BCUT2D eigenvalue weighted by atomic mass is 35.5. The number of nitrogens with zero attached hydrogens (tertiary/aromatic N) is 2. The molecule has 2 saturated heterocycles. The SMILES string of the molecule is N#Cc1cccc(OCC(=O)NC2C[C@H]3CC[C@@H](C2)N3Cc2ccc(Cl)cc2)c1. The minimum Gasteiger partial charge on any atom is -0.484 e. The molecule has 3 atom stereocenters. The number of carbonyl (C=O) groups is 1. The topological polar surface area (TPSA) is 65.4 Å². The van der Waals surface area contributed by atoms with E-state index in [-0.39, 0.29) is 18.6 Å². The monoisotopic (exact) mass is 409 g/mol. The maximum atomic E-state index is 12.4. The van der Waals surface area contributed by atoms with Gasteiger partial charge in [0.15, 0.2) is 6.61 Å². The summed E-state index contributed by atoms with van der Waals surface area (Å²) >= 11 is 5.99. The highest BCUT2D eigenvalue weighted by molar-refractivity contribution is 6.30. The largest absolute Gasteiger partial charge is 0.484 e. The van der Waals surface area contributed by atoms with Crippen LogP contribution in [0.5, 0.6) is 5.75 Å². The number of benzene rings is 2. The van der Waals surface area contributed by atoms with Crippen LogP contribution < -0.4 is 10.1 Å². The molecule has 0 radical (unpaired) electrons. The number of hydrogen-bond donors (Lipinski definition) is 1. The van der Waals surface area contributed by atoms with Crippen molar-refractivity contribution in [2.24, 2.45) is 0 Å². The van der Waals surface area contributed by atoms with Crippen LogP contribution in [-0.2, 0) is 11.3 Å². The first-order chi connectivity index (χ1) is 14.1. The summed E-state index contributed by atoms with van der Waals surface area (Å²) in [5.41, 5.74) is 1.80. The average Bonchev–Trinajstić information content (AvgIpc) is 2.96. The molecule has 2 aliphatic rings. The first kappa shape index (κ1) is 19.8. The van der Waals surface area contributed by atoms with Gasteiger partial charge in [-0.2, -0.15) is 5.26 Å². The molecule has 1 unspecified atom stereocenters. The maximum Gasteiger partial charge on any atom is 0.258 e. The fraction of sp³-hybridized carbons (Fsp3) is 0.391. The molecule has 29 heavy (non-hydrogen) atoms. The molecular formula is C23H24ClN3O2. The molecule has 6 heteroatoms. The Balaban J connectivity index is 1.28. The van der Waals surface area contributed by atoms with Crippen LogP contribution in [0.3, 0.4) is 0 Å². The van der Waals surface area contributed by atoms with Gasteiger partial charge < -0.3 is 10.1 Å². The van der Waals surface area contributed by atoms with Gasteiger partial charge in [0.05, 0.1) is 11.6 Å². The number of rotatable bonds is 6. The number of halogens is 1. The van der Waals surface area contributed by atoms with Crippen LogP contribution in [0, 0.1) is 11.3 Å². The van der Waals surface area contributed by atoms with Gasteiger partial charge in [-0.25, -0.2) is 0 Å². The Hall–Kier alpha value is -2.55.